The lowest BCUT2D eigenvalue weighted by molar-refractivity contribution is -0.141. The topological polar surface area (TPSA) is 72.5 Å². The number of fused-ring (bicyclic) bond motifs is 3. The highest BCUT2D eigenvalue weighted by Crippen LogP contribution is 2.57. The van der Waals surface area contributed by atoms with Crippen molar-refractivity contribution < 1.29 is 33.2 Å². The van der Waals surface area contributed by atoms with E-state index in [9.17, 15) is 4.79 Å². The molecule has 3 aliphatic rings. The van der Waals surface area contributed by atoms with Crippen molar-refractivity contribution in [3.05, 3.63) is 41.0 Å². The molecule has 0 spiro atoms. The zero-order valence-corrected chi connectivity index (χ0v) is 18.9. The first-order chi connectivity index (χ1) is 14.6. The Kier molecular flexibility index (Phi) is 4.83. The number of cyclic esters (lactones) is 1. The Hall–Kier alpha value is -2.36. The smallest absolute Gasteiger partial charge is 0.310 e. The summed E-state index contributed by atoms with van der Waals surface area (Å²) in [6.07, 6.45) is 0. The van der Waals surface area contributed by atoms with E-state index in [4.69, 9.17) is 28.4 Å². The monoisotopic (exact) mass is 524 g/mol. The van der Waals surface area contributed by atoms with E-state index in [0.29, 0.717) is 29.6 Å². The van der Waals surface area contributed by atoms with Crippen LogP contribution in [0.25, 0.3) is 0 Å². The Bertz CT molecular complexity index is 996. The number of hydrogen-bond acceptors (Lipinski definition) is 7. The number of rotatable bonds is 4. The molecule has 2 aromatic rings. The van der Waals surface area contributed by atoms with Gasteiger partial charge in [0, 0.05) is 15.8 Å². The van der Waals surface area contributed by atoms with Crippen LogP contribution in [0.3, 0.4) is 0 Å². The minimum absolute atomic E-state index is 0.0649. The van der Waals surface area contributed by atoms with Crippen LogP contribution in [0.2, 0.25) is 0 Å². The zero-order valence-electron chi connectivity index (χ0n) is 16.8. The minimum Gasteiger partial charge on any atom is -0.493 e. The lowest BCUT2D eigenvalue weighted by atomic mass is 9.67. The summed E-state index contributed by atoms with van der Waals surface area (Å²) in [6.45, 7) is 0.611. The van der Waals surface area contributed by atoms with Gasteiger partial charge in [0.05, 0.1) is 33.9 Å². The molecule has 7 nitrogen and oxygen atoms in total. The molecule has 0 N–H and O–H groups in total. The zero-order chi connectivity index (χ0) is 21.0. The van der Waals surface area contributed by atoms with Crippen molar-refractivity contribution in [1.29, 1.82) is 0 Å². The maximum Gasteiger partial charge on any atom is 0.310 e. The standard InChI is InChI=1S/C22H21IO7/c1-25-16-4-10(5-17(26-2)21(16)27-3)18-11-6-14-15(30-9-29-14)7-12(11)20(23)13-8-28-22(24)19(13)18/h4-7,13,18-20H,8-9H2,1-3H3/t13-,18+,19-,20+/m0/s1. The van der Waals surface area contributed by atoms with Gasteiger partial charge < -0.3 is 28.4 Å². The van der Waals surface area contributed by atoms with Crippen LogP contribution in [-0.4, -0.2) is 40.7 Å². The molecule has 30 heavy (non-hydrogen) atoms. The first-order valence-electron chi connectivity index (χ1n) is 9.61. The molecule has 0 radical (unpaired) electrons. The first-order valence-corrected chi connectivity index (χ1v) is 10.9. The second-order valence-electron chi connectivity index (χ2n) is 7.49. The maximum atomic E-state index is 12.8. The predicted molar refractivity (Wildman–Crippen MR) is 115 cm³/mol. The second-order valence-corrected chi connectivity index (χ2v) is 8.83. The molecule has 0 saturated carbocycles. The van der Waals surface area contributed by atoms with Gasteiger partial charge in [-0.15, -0.1) is 0 Å². The van der Waals surface area contributed by atoms with Crippen LogP contribution in [0.5, 0.6) is 28.7 Å². The number of benzene rings is 2. The van der Waals surface area contributed by atoms with Crippen molar-refractivity contribution >= 4 is 28.6 Å². The van der Waals surface area contributed by atoms with Gasteiger partial charge in [-0.3, -0.25) is 4.79 Å². The van der Waals surface area contributed by atoms with Crippen LogP contribution >= 0.6 is 22.6 Å². The number of alkyl halides is 1. The van der Waals surface area contributed by atoms with Gasteiger partial charge in [-0.25, -0.2) is 0 Å². The van der Waals surface area contributed by atoms with Gasteiger partial charge in [-0.05, 0) is 41.0 Å². The highest BCUT2D eigenvalue weighted by Gasteiger charge is 2.52. The lowest BCUT2D eigenvalue weighted by Crippen LogP contribution is -2.32. The quantitative estimate of drug-likeness (QED) is 0.342. The van der Waals surface area contributed by atoms with Crippen LogP contribution in [0.4, 0.5) is 0 Å². The van der Waals surface area contributed by atoms with Crippen LogP contribution in [-0.2, 0) is 9.53 Å². The molecule has 158 valence electrons. The van der Waals surface area contributed by atoms with Crippen molar-refractivity contribution in [2.24, 2.45) is 11.8 Å². The summed E-state index contributed by atoms with van der Waals surface area (Å²) in [5, 5.41) is 0. The first kappa shape index (κ1) is 19.6. The fourth-order valence-corrected chi connectivity index (χ4v) is 5.97. The Labute approximate surface area is 187 Å². The molecule has 2 aromatic carbocycles. The van der Waals surface area contributed by atoms with E-state index in [1.54, 1.807) is 21.3 Å². The number of carbonyl (C=O) groups is 1. The van der Waals surface area contributed by atoms with E-state index < -0.39 is 0 Å². The molecular formula is C22H21IO7. The minimum atomic E-state index is -0.303. The fraction of sp³-hybridized carbons (Fsp3) is 0.409. The van der Waals surface area contributed by atoms with Crippen LogP contribution < -0.4 is 23.7 Å². The number of hydrogen-bond donors (Lipinski definition) is 0. The molecule has 0 unspecified atom stereocenters. The highest BCUT2D eigenvalue weighted by molar-refractivity contribution is 14.1. The predicted octanol–water partition coefficient (Wildman–Crippen LogP) is 3.85. The third-order valence-electron chi connectivity index (χ3n) is 6.14. The average molecular weight is 524 g/mol. The van der Waals surface area contributed by atoms with Gasteiger partial charge in [0.25, 0.3) is 0 Å². The Balaban J connectivity index is 1.74. The average Bonchev–Trinajstić information content (AvgIpc) is 3.38. The number of methoxy groups -OCH3 is 3. The number of halogens is 1. The molecule has 2 heterocycles. The summed E-state index contributed by atoms with van der Waals surface area (Å²) >= 11 is 2.41. The molecular weight excluding hydrogens is 503 g/mol. The van der Waals surface area contributed by atoms with Crippen molar-refractivity contribution in [3.8, 4) is 28.7 Å². The molecule has 0 aromatic heterocycles. The SMILES string of the molecule is COc1cc([C@@H]2c3cc4c(cc3[C@@H](I)[C@H]3COC(=O)[C@H]23)OCO4)cc(OC)c1OC. The molecule has 1 saturated heterocycles. The summed E-state index contributed by atoms with van der Waals surface area (Å²) in [4.78, 5) is 12.8. The third kappa shape index (κ3) is 2.79. The fourth-order valence-electron chi connectivity index (χ4n) is 4.78. The van der Waals surface area contributed by atoms with Crippen molar-refractivity contribution in [1.82, 2.24) is 0 Å². The van der Waals surface area contributed by atoms with Crippen molar-refractivity contribution in [2.75, 3.05) is 34.7 Å². The number of ether oxygens (including phenoxy) is 6. The van der Waals surface area contributed by atoms with E-state index in [1.807, 2.05) is 24.3 Å². The van der Waals surface area contributed by atoms with Gasteiger partial charge >= 0.3 is 5.97 Å². The van der Waals surface area contributed by atoms with Gasteiger partial charge in [-0.1, -0.05) is 22.6 Å². The van der Waals surface area contributed by atoms with Gasteiger partial charge in [-0.2, -0.15) is 0 Å². The Morgan fingerprint density at radius 3 is 2.13 bits per heavy atom. The van der Waals surface area contributed by atoms with E-state index in [2.05, 4.69) is 22.6 Å². The number of carbonyl (C=O) groups excluding carboxylic acids is 1. The van der Waals surface area contributed by atoms with E-state index in [-0.39, 0.29) is 34.4 Å². The van der Waals surface area contributed by atoms with E-state index >= 15 is 0 Å². The maximum absolute atomic E-state index is 12.8. The molecule has 0 bridgehead atoms. The summed E-state index contributed by atoms with van der Waals surface area (Å²) in [6, 6.07) is 7.87. The Morgan fingerprint density at radius 2 is 1.53 bits per heavy atom. The normalized spacial score (nSPS) is 25.9. The second kappa shape index (κ2) is 7.40. The van der Waals surface area contributed by atoms with Crippen molar-refractivity contribution in [3.63, 3.8) is 0 Å². The molecule has 0 amide bonds. The summed E-state index contributed by atoms with van der Waals surface area (Å²) < 4.78 is 33.5. The molecule has 2 aliphatic heterocycles. The summed E-state index contributed by atoms with van der Waals surface area (Å²) in [5.74, 6) is 2.41. The van der Waals surface area contributed by atoms with E-state index in [0.717, 1.165) is 22.4 Å². The van der Waals surface area contributed by atoms with Gasteiger partial charge in [0.15, 0.2) is 23.0 Å². The summed E-state index contributed by atoms with van der Waals surface area (Å²) in [5.41, 5.74) is 3.08. The molecule has 8 heteroatoms. The van der Waals surface area contributed by atoms with Crippen LogP contribution in [0.15, 0.2) is 24.3 Å². The largest absolute Gasteiger partial charge is 0.493 e. The highest BCUT2D eigenvalue weighted by atomic mass is 127. The molecule has 5 rings (SSSR count). The van der Waals surface area contributed by atoms with E-state index in [1.165, 1.54) is 0 Å². The molecule has 1 fully saturated rings. The van der Waals surface area contributed by atoms with Crippen LogP contribution in [0.1, 0.15) is 26.5 Å². The lowest BCUT2D eigenvalue weighted by Gasteiger charge is -2.37. The Morgan fingerprint density at radius 1 is 0.900 bits per heavy atom. The number of esters is 1. The van der Waals surface area contributed by atoms with Gasteiger partial charge in [0.1, 0.15) is 0 Å². The molecule has 4 atom stereocenters. The van der Waals surface area contributed by atoms with Gasteiger partial charge in [0.2, 0.25) is 12.5 Å². The van der Waals surface area contributed by atoms with Crippen molar-refractivity contribution in [2.45, 2.75) is 9.84 Å². The third-order valence-corrected chi connectivity index (χ3v) is 7.74. The molecule has 1 aliphatic carbocycles. The summed E-state index contributed by atoms with van der Waals surface area (Å²) in [7, 11) is 4.74. The van der Waals surface area contributed by atoms with Crippen LogP contribution in [0, 0.1) is 11.8 Å².